The zero-order valence-electron chi connectivity index (χ0n) is 11.8. The van der Waals surface area contributed by atoms with Gasteiger partial charge < -0.3 is 5.32 Å². The molecule has 110 valence electrons. The third-order valence-corrected chi connectivity index (χ3v) is 3.52. The molecule has 22 heavy (non-hydrogen) atoms. The zero-order chi connectivity index (χ0) is 15.5. The molecule has 0 fully saturated rings. The summed E-state index contributed by atoms with van der Waals surface area (Å²) >= 11 is 3.42. The molecule has 2 aromatic heterocycles. The fourth-order valence-corrected chi connectivity index (χ4v) is 2.39. The normalized spacial score (nSPS) is 10.5. The van der Waals surface area contributed by atoms with E-state index in [2.05, 4.69) is 31.3 Å². The van der Waals surface area contributed by atoms with Crippen LogP contribution in [0.4, 0.5) is 5.82 Å². The number of nitrogens with one attached hydrogen (secondary N) is 1. The lowest BCUT2D eigenvalue weighted by molar-refractivity contribution is 0.102. The molecule has 3 aromatic rings. The summed E-state index contributed by atoms with van der Waals surface area (Å²) in [6, 6.07) is 14.8. The minimum atomic E-state index is -0.285. The van der Waals surface area contributed by atoms with E-state index in [1.165, 1.54) is 0 Å². The van der Waals surface area contributed by atoms with Crippen molar-refractivity contribution in [3.63, 3.8) is 0 Å². The van der Waals surface area contributed by atoms with Gasteiger partial charge in [0.2, 0.25) is 0 Å². The highest BCUT2D eigenvalue weighted by molar-refractivity contribution is 9.10. The number of carbonyl (C=O) groups excluding carboxylic acids is 1. The number of anilines is 1. The molecule has 0 saturated carbocycles. The predicted octanol–water partition coefficient (Wildman–Crippen LogP) is 3.59. The minimum Gasteiger partial charge on any atom is -0.305 e. The van der Waals surface area contributed by atoms with E-state index < -0.39 is 0 Å². The standard InChI is InChI=1S/C16H13BrN4O/c1-11-4-2-7-15(18-11)19-16(22)14-8-9-21(20-14)13-6-3-5-12(17)10-13/h2-10H,1H3,(H,18,19,22). The summed E-state index contributed by atoms with van der Waals surface area (Å²) in [5, 5.41) is 7.04. The van der Waals surface area contributed by atoms with Crippen molar-refractivity contribution in [1.82, 2.24) is 14.8 Å². The first-order chi connectivity index (χ1) is 10.6. The second-order valence-corrected chi connectivity index (χ2v) is 5.66. The van der Waals surface area contributed by atoms with E-state index in [1.54, 1.807) is 23.0 Å². The zero-order valence-corrected chi connectivity index (χ0v) is 13.4. The first-order valence-electron chi connectivity index (χ1n) is 6.68. The summed E-state index contributed by atoms with van der Waals surface area (Å²) < 4.78 is 2.61. The maximum absolute atomic E-state index is 12.2. The number of amides is 1. The molecule has 0 aliphatic heterocycles. The van der Waals surface area contributed by atoms with E-state index in [4.69, 9.17) is 0 Å². The van der Waals surface area contributed by atoms with Crippen LogP contribution in [-0.4, -0.2) is 20.7 Å². The maximum atomic E-state index is 12.2. The number of carbonyl (C=O) groups is 1. The Morgan fingerprint density at radius 3 is 2.77 bits per heavy atom. The number of rotatable bonds is 3. The third kappa shape index (κ3) is 3.23. The minimum absolute atomic E-state index is 0.285. The lowest BCUT2D eigenvalue weighted by Gasteiger charge is -2.03. The third-order valence-electron chi connectivity index (χ3n) is 3.02. The van der Waals surface area contributed by atoms with Gasteiger partial charge in [-0.25, -0.2) is 9.67 Å². The molecule has 0 radical (unpaired) electrons. The Balaban J connectivity index is 1.80. The van der Waals surface area contributed by atoms with Crippen molar-refractivity contribution in [1.29, 1.82) is 0 Å². The molecule has 0 spiro atoms. The maximum Gasteiger partial charge on any atom is 0.277 e. The van der Waals surface area contributed by atoms with Gasteiger partial charge in [0.1, 0.15) is 5.82 Å². The molecule has 0 aliphatic rings. The first kappa shape index (κ1) is 14.5. The van der Waals surface area contributed by atoms with Crippen LogP contribution in [0.5, 0.6) is 0 Å². The van der Waals surface area contributed by atoms with Gasteiger partial charge in [-0.2, -0.15) is 5.10 Å². The predicted molar refractivity (Wildman–Crippen MR) is 88.2 cm³/mol. The Labute approximate surface area is 136 Å². The van der Waals surface area contributed by atoms with E-state index in [-0.39, 0.29) is 5.91 Å². The number of nitrogens with zero attached hydrogens (tertiary/aromatic N) is 3. The molecule has 1 N–H and O–H groups in total. The molecule has 6 heteroatoms. The molecular formula is C16H13BrN4O. The van der Waals surface area contributed by atoms with Crippen molar-refractivity contribution < 1.29 is 4.79 Å². The molecule has 0 aliphatic carbocycles. The molecule has 0 unspecified atom stereocenters. The van der Waals surface area contributed by atoms with Crippen LogP contribution in [0.3, 0.4) is 0 Å². The Morgan fingerprint density at radius 1 is 1.18 bits per heavy atom. The van der Waals surface area contributed by atoms with Crippen molar-refractivity contribution in [3.8, 4) is 5.69 Å². The van der Waals surface area contributed by atoms with Gasteiger partial charge in [-0.05, 0) is 43.3 Å². The second-order valence-electron chi connectivity index (χ2n) is 4.74. The lowest BCUT2D eigenvalue weighted by Crippen LogP contribution is -2.14. The van der Waals surface area contributed by atoms with Crippen molar-refractivity contribution >= 4 is 27.7 Å². The Kier molecular flexibility index (Phi) is 4.02. The van der Waals surface area contributed by atoms with Crippen LogP contribution in [0.2, 0.25) is 0 Å². The fourth-order valence-electron chi connectivity index (χ4n) is 2.00. The van der Waals surface area contributed by atoms with Crippen LogP contribution in [0.15, 0.2) is 59.2 Å². The van der Waals surface area contributed by atoms with Gasteiger partial charge in [-0.1, -0.05) is 28.1 Å². The van der Waals surface area contributed by atoms with Gasteiger partial charge >= 0.3 is 0 Å². The number of benzene rings is 1. The highest BCUT2D eigenvalue weighted by atomic mass is 79.9. The fraction of sp³-hybridized carbons (Fsp3) is 0.0625. The van der Waals surface area contributed by atoms with Crippen molar-refractivity contribution in [2.24, 2.45) is 0 Å². The summed E-state index contributed by atoms with van der Waals surface area (Å²) in [5.41, 5.74) is 2.06. The summed E-state index contributed by atoms with van der Waals surface area (Å²) in [4.78, 5) is 16.4. The van der Waals surface area contributed by atoms with Gasteiger partial charge in [-0.15, -0.1) is 0 Å². The smallest absolute Gasteiger partial charge is 0.277 e. The molecule has 2 heterocycles. The van der Waals surface area contributed by atoms with Crippen LogP contribution in [0.25, 0.3) is 5.69 Å². The number of hydrogen-bond acceptors (Lipinski definition) is 3. The van der Waals surface area contributed by atoms with Gasteiger partial charge in [0.25, 0.3) is 5.91 Å². The van der Waals surface area contributed by atoms with Crippen molar-refractivity contribution in [2.45, 2.75) is 6.92 Å². The Morgan fingerprint density at radius 2 is 2.00 bits per heavy atom. The van der Waals surface area contributed by atoms with Crippen LogP contribution in [-0.2, 0) is 0 Å². The van der Waals surface area contributed by atoms with E-state index in [0.717, 1.165) is 15.9 Å². The number of aryl methyl sites for hydroxylation is 1. The molecule has 3 rings (SSSR count). The molecule has 1 amide bonds. The van der Waals surface area contributed by atoms with E-state index in [1.807, 2.05) is 43.3 Å². The van der Waals surface area contributed by atoms with Crippen molar-refractivity contribution in [3.05, 3.63) is 70.6 Å². The van der Waals surface area contributed by atoms with Gasteiger partial charge in [-0.3, -0.25) is 4.79 Å². The average Bonchev–Trinajstić information content (AvgIpc) is 2.97. The lowest BCUT2D eigenvalue weighted by atomic mass is 10.3. The number of aromatic nitrogens is 3. The van der Waals surface area contributed by atoms with Crippen LogP contribution < -0.4 is 5.32 Å². The number of pyridine rings is 1. The van der Waals surface area contributed by atoms with E-state index in [0.29, 0.717) is 11.5 Å². The SMILES string of the molecule is Cc1cccc(NC(=O)c2ccn(-c3cccc(Br)c3)n2)n1. The average molecular weight is 357 g/mol. The monoisotopic (exact) mass is 356 g/mol. The molecular weight excluding hydrogens is 344 g/mol. The van der Waals surface area contributed by atoms with Crippen LogP contribution in [0, 0.1) is 6.92 Å². The molecule has 0 atom stereocenters. The summed E-state index contributed by atoms with van der Waals surface area (Å²) in [6.45, 7) is 1.87. The number of hydrogen-bond donors (Lipinski definition) is 1. The number of halogens is 1. The summed E-state index contributed by atoms with van der Waals surface area (Å²) in [7, 11) is 0. The first-order valence-corrected chi connectivity index (χ1v) is 7.48. The van der Waals surface area contributed by atoms with Gasteiger partial charge in [0, 0.05) is 16.4 Å². The topological polar surface area (TPSA) is 59.8 Å². The molecule has 0 saturated heterocycles. The van der Waals surface area contributed by atoms with Gasteiger partial charge in [0.15, 0.2) is 5.69 Å². The highest BCUT2D eigenvalue weighted by Gasteiger charge is 2.11. The van der Waals surface area contributed by atoms with Crippen LogP contribution in [0.1, 0.15) is 16.2 Å². The second kappa shape index (κ2) is 6.11. The molecule has 1 aromatic carbocycles. The van der Waals surface area contributed by atoms with Gasteiger partial charge in [0.05, 0.1) is 5.69 Å². The quantitative estimate of drug-likeness (QED) is 0.779. The van der Waals surface area contributed by atoms with Crippen molar-refractivity contribution in [2.75, 3.05) is 5.32 Å². The van der Waals surface area contributed by atoms with Crippen LogP contribution >= 0.6 is 15.9 Å². The van der Waals surface area contributed by atoms with E-state index >= 15 is 0 Å². The molecule has 0 bridgehead atoms. The summed E-state index contributed by atoms with van der Waals surface area (Å²) in [6.07, 6.45) is 1.75. The summed E-state index contributed by atoms with van der Waals surface area (Å²) in [5.74, 6) is 0.230. The molecule has 5 nitrogen and oxygen atoms in total. The van der Waals surface area contributed by atoms with E-state index in [9.17, 15) is 4.79 Å². The Bertz CT molecular complexity index is 828. The largest absolute Gasteiger partial charge is 0.305 e. The highest BCUT2D eigenvalue weighted by Crippen LogP contribution is 2.15. The Hall–Kier alpha value is -2.47.